The number of aryl methyl sites for hydroxylation is 1. The van der Waals surface area contributed by atoms with Crippen LogP contribution in [0.25, 0.3) is 11.2 Å². The first kappa shape index (κ1) is 21.6. The molecule has 0 unspecified atom stereocenters. The van der Waals surface area contributed by atoms with E-state index < -0.39 is 11.2 Å². The van der Waals surface area contributed by atoms with Crippen LogP contribution >= 0.6 is 0 Å². The van der Waals surface area contributed by atoms with Crippen molar-refractivity contribution in [1.82, 2.24) is 14.1 Å². The highest BCUT2D eigenvalue weighted by molar-refractivity contribution is 5.96. The van der Waals surface area contributed by atoms with Gasteiger partial charge >= 0.3 is 11.6 Å². The van der Waals surface area contributed by atoms with Crippen LogP contribution < -0.4 is 30.2 Å². The van der Waals surface area contributed by atoms with E-state index in [-0.39, 0.29) is 17.8 Å². The molecule has 1 aliphatic heterocycles. The monoisotopic (exact) mass is 444 g/mol. The molecule has 3 aromatic rings. The summed E-state index contributed by atoms with van der Waals surface area (Å²) >= 11 is 0. The second-order valence-corrected chi connectivity index (χ2v) is 7.53. The Hall–Kier alpha value is -3.60. The number of aromatic amines is 1. The number of carbonyl (C=O) groups is 1. The minimum atomic E-state index is -0.473. The number of fused-ring (bicyclic) bond motifs is 1. The van der Waals surface area contributed by atoms with Gasteiger partial charge in [0, 0.05) is 19.7 Å². The molecule has 0 saturated carbocycles. The molecule has 0 spiro atoms. The first-order valence-electron chi connectivity index (χ1n) is 10.2. The molecule has 4 rings (SSSR count). The predicted molar refractivity (Wildman–Crippen MR) is 116 cm³/mol. The van der Waals surface area contributed by atoms with Crippen LogP contribution in [-0.4, -0.2) is 60.4 Å². The molecule has 0 aliphatic carbocycles. The van der Waals surface area contributed by atoms with Gasteiger partial charge in [0.15, 0.2) is 17.3 Å². The van der Waals surface area contributed by atoms with Gasteiger partial charge in [-0.05, 0) is 18.2 Å². The number of imidazole rings is 1. The number of ketones is 1. The summed E-state index contributed by atoms with van der Waals surface area (Å²) in [6.45, 7) is 2.12. The molecule has 1 aromatic carbocycles. The summed E-state index contributed by atoms with van der Waals surface area (Å²) in [7, 11) is 6.04. The molecule has 1 fully saturated rings. The third-order valence-electron chi connectivity index (χ3n) is 5.71. The quantitative estimate of drug-likeness (QED) is 0.406. The van der Waals surface area contributed by atoms with Crippen molar-refractivity contribution >= 4 is 22.9 Å². The topological polar surface area (TPSA) is 112 Å². The highest BCUT2D eigenvalue weighted by Crippen LogP contribution is 2.27. The minimum Gasteiger partial charge on any atom is -0.493 e. The Morgan fingerprint density at radius 1 is 1.09 bits per heavy atom. The Balaban J connectivity index is 1.86. The molecule has 170 valence electrons. The standard InChI is InChI=1S/C21H25N5O6/c1-23-18-17(19(28)24(2)21(23)29)26(20(22-18)25-7-9-32-10-8-25)12-14(27)13-5-6-15(30-3)16(11-13)31-4/h5-6,11H,7-10,12H2,1-4H3/p+1. The van der Waals surface area contributed by atoms with Crippen LogP contribution in [0.2, 0.25) is 0 Å². The number of hydrogen-bond acceptors (Lipinski definition) is 7. The lowest BCUT2D eigenvalue weighted by Gasteiger charge is -2.22. The molecule has 1 N–H and O–H groups in total. The van der Waals surface area contributed by atoms with Crippen LogP contribution in [0.5, 0.6) is 11.5 Å². The zero-order valence-electron chi connectivity index (χ0n) is 18.5. The number of rotatable bonds is 6. The molecule has 11 heteroatoms. The summed E-state index contributed by atoms with van der Waals surface area (Å²) in [6, 6.07) is 4.93. The fourth-order valence-electron chi connectivity index (χ4n) is 3.92. The molecule has 2 aromatic heterocycles. The van der Waals surface area contributed by atoms with Gasteiger partial charge < -0.3 is 14.2 Å². The van der Waals surface area contributed by atoms with E-state index in [4.69, 9.17) is 14.2 Å². The lowest BCUT2D eigenvalue weighted by atomic mass is 10.1. The fraction of sp³-hybridized carbons (Fsp3) is 0.429. The van der Waals surface area contributed by atoms with E-state index in [9.17, 15) is 14.4 Å². The molecule has 11 nitrogen and oxygen atoms in total. The smallest absolute Gasteiger partial charge is 0.360 e. The van der Waals surface area contributed by atoms with Gasteiger partial charge in [-0.3, -0.25) is 23.6 Å². The largest absolute Gasteiger partial charge is 0.493 e. The molecule has 0 atom stereocenters. The summed E-state index contributed by atoms with van der Waals surface area (Å²) in [6.07, 6.45) is 0. The number of H-pyrrole nitrogens is 1. The number of morpholine rings is 1. The summed E-state index contributed by atoms with van der Waals surface area (Å²) in [5.41, 5.74) is 0.110. The number of aromatic nitrogens is 4. The van der Waals surface area contributed by atoms with Gasteiger partial charge in [0.05, 0.1) is 40.5 Å². The van der Waals surface area contributed by atoms with Gasteiger partial charge in [-0.15, -0.1) is 0 Å². The summed E-state index contributed by atoms with van der Waals surface area (Å²) in [5.74, 6) is 1.31. The minimum absolute atomic E-state index is 0.102. The molecule has 32 heavy (non-hydrogen) atoms. The summed E-state index contributed by atoms with van der Waals surface area (Å²) < 4.78 is 20.0. The number of Topliss-reactive ketones (excluding diaryl/α,β-unsaturated/α-hetero) is 1. The second-order valence-electron chi connectivity index (χ2n) is 7.53. The number of ether oxygens (including phenoxy) is 3. The van der Waals surface area contributed by atoms with Gasteiger partial charge in [0.25, 0.3) is 5.56 Å². The molecule has 0 amide bonds. The van der Waals surface area contributed by atoms with Crippen molar-refractivity contribution in [3.8, 4) is 11.5 Å². The van der Waals surface area contributed by atoms with Gasteiger partial charge in [0.1, 0.15) is 6.54 Å². The number of benzene rings is 1. The zero-order valence-corrected chi connectivity index (χ0v) is 18.5. The predicted octanol–water partition coefficient (Wildman–Crippen LogP) is -0.410. The number of nitrogens with zero attached hydrogens (tertiary/aromatic N) is 4. The first-order chi connectivity index (χ1) is 15.4. The summed E-state index contributed by atoms with van der Waals surface area (Å²) in [4.78, 5) is 43.9. The fourth-order valence-corrected chi connectivity index (χ4v) is 3.92. The third kappa shape index (κ3) is 3.54. The van der Waals surface area contributed by atoms with Gasteiger partial charge in [0.2, 0.25) is 11.2 Å². The lowest BCUT2D eigenvalue weighted by molar-refractivity contribution is -0.644. The van der Waals surface area contributed by atoms with Crippen molar-refractivity contribution in [2.24, 2.45) is 14.1 Å². The summed E-state index contributed by atoms with van der Waals surface area (Å²) in [5, 5.41) is 0. The van der Waals surface area contributed by atoms with Crippen molar-refractivity contribution in [3.05, 3.63) is 44.6 Å². The van der Waals surface area contributed by atoms with Crippen LogP contribution in [0, 0.1) is 0 Å². The van der Waals surface area contributed by atoms with E-state index in [2.05, 4.69) is 4.98 Å². The average molecular weight is 444 g/mol. The Bertz CT molecular complexity index is 1300. The first-order valence-corrected chi connectivity index (χ1v) is 10.2. The maximum absolute atomic E-state index is 13.3. The molecule has 0 radical (unpaired) electrons. The van der Waals surface area contributed by atoms with Crippen molar-refractivity contribution in [3.63, 3.8) is 0 Å². The second kappa shape index (κ2) is 8.50. The van der Waals surface area contributed by atoms with E-state index in [0.717, 1.165) is 4.57 Å². The number of carbonyl (C=O) groups excluding carboxylic acids is 1. The van der Waals surface area contributed by atoms with E-state index in [1.165, 1.54) is 25.8 Å². The Kier molecular flexibility index (Phi) is 5.74. The van der Waals surface area contributed by atoms with Crippen LogP contribution in [0.3, 0.4) is 0 Å². The zero-order chi connectivity index (χ0) is 23.0. The van der Waals surface area contributed by atoms with Crippen LogP contribution in [-0.2, 0) is 25.4 Å². The van der Waals surface area contributed by atoms with Crippen molar-refractivity contribution in [2.75, 3.05) is 45.4 Å². The molecule has 1 saturated heterocycles. The van der Waals surface area contributed by atoms with E-state index in [1.807, 2.05) is 4.90 Å². The number of methoxy groups -OCH3 is 2. The van der Waals surface area contributed by atoms with Crippen molar-refractivity contribution in [2.45, 2.75) is 6.54 Å². The normalized spacial score (nSPS) is 14.1. The Morgan fingerprint density at radius 3 is 2.44 bits per heavy atom. The lowest BCUT2D eigenvalue weighted by Crippen LogP contribution is -2.50. The van der Waals surface area contributed by atoms with Gasteiger partial charge in [-0.2, -0.15) is 0 Å². The highest BCUT2D eigenvalue weighted by atomic mass is 16.5. The molecule has 3 heterocycles. The van der Waals surface area contributed by atoms with E-state index >= 15 is 0 Å². The maximum atomic E-state index is 13.3. The van der Waals surface area contributed by atoms with Gasteiger partial charge in [-0.25, -0.2) is 14.3 Å². The third-order valence-corrected chi connectivity index (χ3v) is 5.71. The average Bonchev–Trinajstić information content (AvgIpc) is 3.20. The van der Waals surface area contributed by atoms with Crippen LogP contribution in [0.1, 0.15) is 10.4 Å². The Morgan fingerprint density at radius 2 is 1.78 bits per heavy atom. The molecule has 1 aliphatic rings. The number of nitrogens with one attached hydrogen (secondary N) is 1. The maximum Gasteiger partial charge on any atom is 0.360 e. The van der Waals surface area contributed by atoms with Gasteiger partial charge in [-0.1, -0.05) is 0 Å². The number of hydrogen-bond donors (Lipinski definition) is 1. The molecule has 0 bridgehead atoms. The van der Waals surface area contributed by atoms with Crippen LogP contribution in [0.4, 0.5) is 5.95 Å². The SMILES string of the molecule is COc1ccc(C(=O)C[n+]2c(N3CCOCC3)[nH]c3c2c(=O)n(C)c(=O)n3C)cc1OC. The molecular weight excluding hydrogens is 418 g/mol. The van der Waals surface area contributed by atoms with E-state index in [0.29, 0.717) is 55.0 Å². The van der Waals surface area contributed by atoms with E-state index in [1.54, 1.807) is 29.8 Å². The van der Waals surface area contributed by atoms with Crippen LogP contribution in [0.15, 0.2) is 27.8 Å². The Labute approximate surface area is 183 Å². The van der Waals surface area contributed by atoms with Crippen molar-refractivity contribution < 1.29 is 23.6 Å². The van der Waals surface area contributed by atoms with Crippen molar-refractivity contribution in [1.29, 1.82) is 0 Å². The molecular formula is C21H26N5O6+. The number of anilines is 1. The highest BCUT2D eigenvalue weighted by Gasteiger charge is 2.31.